The van der Waals surface area contributed by atoms with Crippen LogP contribution < -0.4 is 4.57 Å². The lowest BCUT2D eigenvalue weighted by atomic mass is 10.1. The van der Waals surface area contributed by atoms with E-state index in [0.717, 1.165) is 0 Å². The maximum Gasteiger partial charge on any atom is 0.356 e. The molecule has 142 valence electrons. The smallest absolute Gasteiger partial charge is 0.214 e. The first-order valence-electron chi connectivity index (χ1n) is 9.57. The fourth-order valence-electron chi connectivity index (χ4n) is 3.80. The van der Waals surface area contributed by atoms with E-state index in [2.05, 4.69) is 84.9 Å². The second-order valence-electron chi connectivity index (χ2n) is 7.30. The summed E-state index contributed by atoms with van der Waals surface area (Å²) in [7, 11) is 0. The van der Waals surface area contributed by atoms with Crippen LogP contribution in [0.25, 0.3) is 21.5 Å². The number of aromatic nitrogens is 2. The van der Waals surface area contributed by atoms with Crippen molar-refractivity contribution in [2.45, 2.75) is 13.1 Å². The molecule has 0 radical (unpaired) electrons. The molecular weight excluding hydrogens is 399 g/mol. The van der Waals surface area contributed by atoms with Gasteiger partial charge in [0, 0.05) is 11.6 Å². The van der Waals surface area contributed by atoms with Gasteiger partial charge in [-0.25, -0.2) is 4.57 Å². The zero-order valence-electron chi connectivity index (χ0n) is 15.7. The normalized spacial score (nSPS) is 11.4. The first-order chi connectivity index (χ1) is 14.2. The molecule has 0 aliphatic carbocycles. The predicted molar refractivity (Wildman–Crippen MR) is 121 cm³/mol. The van der Waals surface area contributed by atoms with Gasteiger partial charge in [0.25, 0.3) is 0 Å². The minimum Gasteiger partial charge on any atom is -0.214 e. The summed E-state index contributed by atoms with van der Waals surface area (Å²) in [6.45, 7) is 1.31. The average molecular weight is 418 g/mol. The minimum absolute atomic E-state index is 0.622. The largest absolute Gasteiger partial charge is 0.356 e. The van der Waals surface area contributed by atoms with Crippen molar-refractivity contribution < 1.29 is 4.57 Å². The third-order valence-electron chi connectivity index (χ3n) is 5.30. The fraction of sp³-hybridized carbons (Fsp3) is 0.0800. The number of hydrogen-bond acceptors (Lipinski definition) is 0. The second kappa shape index (κ2) is 7.55. The van der Waals surface area contributed by atoms with E-state index in [1.54, 1.807) is 0 Å². The van der Waals surface area contributed by atoms with Crippen molar-refractivity contribution in [3.63, 3.8) is 0 Å². The second-order valence-corrected chi connectivity index (χ2v) is 8.02. The van der Waals surface area contributed by atoms with Gasteiger partial charge in [-0.15, -0.1) is 0 Å². The molecule has 0 saturated carbocycles. The highest BCUT2D eigenvalue weighted by molar-refractivity contribution is 6.31. The molecule has 1 aromatic heterocycles. The lowest BCUT2D eigenvalue weighted by molar-refractivity contribution is -0.685. The van der Waals surface area contributed by atoms with Gasteiger partial charge >= 0.3 is 5.28 Å². The molecule has 0 bridgehead atoms. The van der Waals surface area contributed by atoms with Crippen LogP contribution in [0.5, 0.6) is 0 Å². The van der Waals surface area contributed by atoms with Gasteiger partial charge in [-0.05, 0) is 56.4 Å². The van der Waals surface area contributed by atoms with E-state index in [9.17, 15) is 0 Å². The van der Waals surface area contributed by atoms with Gasteiger partial charge in [0.05, 0.1) is 0 Å². The number of halogens is 2. The average Bonchev–Trinajstić information content (AvgIpc) is 3.01. The maximum atomic E-state index is 6.71. The molecule has 5 rings (SSSR count). The number of rotatable bonds is 4. The van der Waals surface area contributed by atoms with Crippen LogP contribution in [-0.4, -0.2) is 4.57 Å². The van der Waals surface area contributed by atoms with Crippen molar-refractivity contribution >= 4 is 44.7 Å². The number of fused-ring (bicyclic) bond motifs is 2. The third-order valence-corrected chi connectivity index (χ3v) is 6.02. The molecule has 0 spiro atoms. The van der Waals surface area contributed by atoms with Gasteiger partial charge in [0.15, 0.2) is 6.20 Å². The summed E-state index contributed by atoms with van der Waals surface area (Å²) in [6, 6.07) is 29.7. The molecule has 0 atom stereocenters. The topological polar surface area (TPSA) is 8.81 Å². The van der Waals surface area contributed by atoms with Crippen LogP contribution in [0.15, 0.2) is 91.1 Å². The van der Waals surface area contributed by atoms with E-state index < -0.39 is 0 Å². The van der Waals surface area contributed by atoms with Crippen LogP contribution in [0.1, 0.15) is 11.1 Å². The van der Waals surface area contributed by atoms with E-state index in [-0.39, 0.29) is 0 Å². The third kappa shape index (κ3) is 3.62. The first-order valence-corrected chi connectivity index (χ1v) is 10.3. The fourth-order valence-corrected chi connectivity index (χ4v) is 4.36. The van der Waals surface area contributed by atoms with Gasteiger partial charge in [-0.1, -0.05) is 72.8 Å². The van der Waals surface area contributed by atoms with Gasteiger partial charge in [-0.2, -0.15) is 4.57 Å². The Labute approximate surface area is 179 Å². The van der Waals surface area contributed by atoms with Crippen LogP contribution in [0.2, 0.25) is 10.4 Å². The highest BCUT2D eigenvalue weighted by Crippen LogP contribution is 2.22. The standard InChI is InChI=1S/C25H19Cl2N2/c26-24-17-28(15-18-9-11-20-5-1-3-7-22(20)13-18)25(27)29(24)16-19-10-12-21-6-2-4-8-23(21)14-19/h1-14,17H,15-16H2/q+1. The quantitative estimate of drug-likeness (QED) is 0.295. The Balaban J connectivity index is 1.44. The van der Waals surface area contributed by atoms with Gasteiger partial charge in [-0.3, -0.25) is 0 Å². The van der Waals surface area contributed by atoms with Crippen molar-refractivity contribution in [1.82, 2.24) is 4.57 Å². The summed E-state index contributed by atoms with van der Waals surface area (Å²) in [5, 5.41) is 6.16. The Morgan fingerprint density at radius 2 is 1.21 bits per heavy atom. The van der Waals surface area contributed by atoms with Crippen molar-refractivity contribution in [2.24, 2.45) is 0 Å². The predicted octanol–water partition coefficient (Wildman–Crippen LogP) is 6.49. The highest BCUT2D eigenvalue weighted by atomic mass is 35.5. The molecule has 2 nitrogen and oxygen atoms in total. The SMILES string of the molecule is Clc1c[n+](Cc2ccc3ccccc3c2)c(Cl)n1Cc1ccc2ccccc2c1. The zero-order valence-corrected chi connectivity index (χ0v) is 17.2. The molecule has 0 saturated heterocycles. The molecule has 0 amide bonds. The van der Waals surface area contributed by atoms with Crippen LogP contribution in [0.4, 0.5) is 0 Å². The summed E-state index contributed by atoms with van der Waals surface area (Å²) >= 11 is 13.2. The Hall–Kier alpha value is -2.81. The van der Waals surface area contributed by atoms with Crippen molar-refractivity contribution in [1.29, 1.82) is 0 Å². The summed E-state index contributed by atoms with van der Waals surface area (Å²) in [5.74, 6) is 0. The zero-order chi connectivity index (χ0) is 19.8. The molecule has 0 aliphatic heterocycles. The van der Waals surface area contributed by atoms with Gasteiger partial charge < -0.3 is 0 Å². The summed E-state index contributed by atoms with van der Waals surface area (Å²) in [4.78, 5) is 0. The summed E-state index contributed by atoms with van der Waals surface area (Å²) in [6.07, 6.45) is 1.90. The lowest BCUT2D eigenvalue weighted by Gasteiger charge is -2.04. The van der Waals surface area contributed by atoms with E-state index in [1.807, 2.05) is 15.3 Å². The number of hydrogen-bond donors (Lipinski definition) is 0. The van der Waals surface area contributed by atoms with E-state index in [1.165, 1.54) is 32.7 Å². The molecule has 4 aromatic carbocycles. The highest BCUT2D eigenvalue weighted by Gasteiger charge is 2.21. The number of benzene rings is 4. The molecule has 1 heterocycles. The van der Waals surface area contributed by atoms with Gasteiger partial charge in [0.2, 0.25) is 5.15 Å². The van der Waals surface area contributed by atoms with E-state index in [0.29, 0.717) is 23.5 Å². The number of imidazole rings is 1. The van der Waals surface area contributed by atoms with Crippen molar-refractivity contribution in [3.05, 3.63) is 113 Å². The molecule has 0 fully saturated rings. The van der Waals surface area contributed by atoms with Crippen LogP contribution >= 0.6 is 23.2 Å². The van der Waals surface area contributed by atoms with E-state index >= 15 is 0 Å². The summed E-state index contributed by atoms with van der Waals surface area (Å²) in [5.41, 5.74) is 2.36. The van der Waals surface area contributed by atoms with Crippen LogP contribution in [0.3, 0.4) is 0 Å². The van der Waals surface area contributed by atoms with E-state index in [4.69, 9.17) is 23.2 Å². The molecule has 0 unspecified atom stereocenters. The summed E-state index contributed by atoms with van der Waals surface area (Å²) < 4.78 is 3.93. The maximum absolute atomic E-state index is 6.71. The first kappa shape index (κ1) is 18.2. The van der Waals surface area contributed by atoms with Crippen molar-refractivity contribution in [3.8, 4) is 0 Å². The molecule has 0 aliphatic rings. The molecule has 5 aromatic rings. The number of nitrogens with zero attached hydrogens (tertiary/aromatic N) is 2. The minimum atomic E-state index is 0.622. The van der Waals surface area contributed by atoms with Crippen molar-refractivity contribution in [2.75, 3.05) is 0 Å². The molecule has 4 heteroatoms. The Kier molecular flexibility index (Phi) is 4.75. The molecule has 29 heavy (non-hydrogen) atoms. The monoisotopic (exact) mass is 417 g/mol. The van der Waals surface area contributed by atoms with Crippen LogP contribution in [-0.2, 0) is 13.1 Å². The molecule has 0 N–H and O–H groups in total. The lowest BCUT2D eigenvalue weighted by Crippen LogP contribution is -2.33. The Morgan fingerprint density at radius 3 is 1.86 bits per heavy atom. The van der Waals surface area contributed by atoms with Crippen LogP contribution in [0, 0.1) is 0 Å². The Bertz CT molecular complexity index is 1340. The molecular formula is C25H19Cl2N2+. The van der Waals surface area contributed by atoms with Gasteiger partial charge in [0.1, 0.15) is 13.1 Å². The Morgan fingerprint density at radius 1 is 0.655 bits per heavy atom.